The Morgan fingerprint density at radius 3 is 2.39 bits per heavy atom. The minimum Gasteiger partial charge on any atom is -0.368 e. The van der Waals surface area contributed by atoms with Crippen LogP contribution < -0.4 is 21.1 Å². The Hall–Kier alpha value is -4.71. The van der Waals surface area contributed by atoms with Gasteiger partial charge in [0.05, 0.1) is 35.2 Å². The highest BCUT2D eigenvalue weighted by atomic mass is 19.1. The summed E-state index contributed by atoms with van der Waals surface area (Å²) >= 11 is 0. The number of hydrogen-bond donors (Lipinski definition) is 3. The zero-order chi connectivity index (χ0) is 29.1. The topological polar surface area (TPSA) is 132 Å². The summed E-state index contributed by atoms with van der Waals surface area (Å²) in [5.41, 5.74) is 2.16. The summed E-state index contributed by atoms with van der Waals surface area (Å²) in [5.74, 6) is -0.734. The molecule has 0 saturated carbocycles. The molecule has 12 heteroatoms. The second-order valence-electron chi connectivity index (χ2n) is 11.0. The molecule has 1 aromatic carbocycles. The third-order valence-electron chi connectivity index (χ3n) is 6.85. The highest BCUT2D eigenvalue weighted by molar-refractivity contribution is 6.03. The number of piperazine rings is 1. The number of rotatable bonds is 6. The number of nitrogens with one attached hydrogen (secondary N) is 3. The quantitative estimate of drug-likeness (QED) is 0.324. The number of halogens is 1. The van der Waals surface area contributed by atoms with Gasteiger partial charge in [0.15, 0.2) is 0 Å². The van der Waals surface area contributed by atoms with E-state index in [9.17, 15) is 14.0 Å². The van der Waals surface area contributed by atoms with E-state index in [1.807, 2.05) is 32.9 Å². The van der Waals surface area contributed by atoms with Gasteiger partial charge in [0.2, 0.25) is 0 Å². The van der Waals surface area contributed by atoms with Crippen LogP contribution in [0.3, 0.4) is 0 Å². The summed E-state index contributed by atoms with van der Waals surface area (Å²) in [5, 5.41) is 12.2. The van der Waals surface area contributed by atoms with Crippen molar-refractivity contribution in [2.45, 2.75) is 26.2 Å². The second kappa shape index (κ2) is 11.4. The van der Waals surface area contributed by atoms with Crippen molar-refractivity contribution in [1.29, 1.82) is 0 Å². The molecule has 0 atom stereocenters. The van der Waals surface area contributed by atoms with Crippen LogP contribution in [0.2, 0.25) is 0 Å². The predicted molar refractivity (Wildman–Crippen MR) is 156 cm³/mol. The zero-order valence-corrected chi connectivity index (χ0v) is 23.4. The summed E-state index contributed by atoms with van der Waals surface area (Å²) in [6.45, 7) is 9.80. The van der Waals surface area contributed by atoms with Crippen molar-refractivity contribution in [3.8, 4) is 11.3 Å². The van der Waals surface area contributed by atoms with Crippen LogP contribution in [0.5, 0.6) is 0 Å². The van der Waals surface area contributed by atoms with Crippen LogP contribution in [0.1, 0.15) is 37.0 Å². The van der Waals surface area contributed by atoms with Crippen LogP contribution in [0.4, 0.5) is 27.3 Å². The number of H-pyrrole nitrogens is 1. The standard InChI is InChI=1S/C29H32FN9O2/c1-29(2,3)25-17-31-24(16-32-25)27(40)35-22-13-18(5-7-20(22)30)21-14-23(28(41)37-36-21)34-26-8-6-19(15-33-26)39-11-9-38(4)10-12-39/h5-8,13-17H,9-12H2,1-4H3,(H,35,40)(H,37,41)(H,33,34,36). The van der Waals surface area contributed by atoms with E-state index in [4.69, 9.17) is 0 Å². The van der Waals surface area contributed by atoms with E-state index >= 15 is 0 Å². The van der Waals surface area contributed by atoms with Crippen molar-refractivity contribution >= 4 is 28.8 Å². The predicted octanol–water partition coefficient (Wildman–Crippen LogP) is 3.81. The van der Waals surface area contributed by atoms with Crippen LogP contribution in [0.25, 0.3) is 11.3 Å². The van der Waals surface area contributed by atoms with E-state index in [-0.39, 0.29) is 22.5 Å². The Morgan fingerprint density at radius 2 is 1.73 bits per heavy atom. The van der Waals surface area contributed by atoms with Crippen molar-refractivity contribution in [2.75, 3.05) is 48.8 Å². The Morgan fingerprint density at radius 1 is 0.951 bits per heavy atom. The maximum absolute atomic E-state index is 14.6. The molecule has 1 saturated heterocycles. The second-order valence-corrected chi connectivity index (χ2v) is 11.0. The largest absolute Gasteiger partial charge is 0.368 e. The van der Waals surface area contributed by atoms with Crippen molar-refractivity contribution in [3.05, 3.63) is 82.5 Å². The number of benzene rings is 1. The number of likely N-dealkylation sites (N-methyl/N-ethyl adjacent to an activating group) is 1. The Labute approximate surface area is 236 Å². The number of nitrogens with zero attached hydrogens (tertiary/aromatic N) is 6. The first-order valence-electron chi connectivity index (χ1n) is 13.3. The molecular formula is C29H32FN9O2. The van der Waals surface area contributed by atoms with Crippen LogP contribution in [0.15, 0.2) is 59.8 Å². The number of pyridine rings is 1. The van der Waals surface area contributed by atoms with Crippen LogP contribution in [-0.4, -0.2) is 69.2 Å². The van der Waals surface area contributed by atoms with Gasteiger partial charge >= 0.3 is 0 Å². The van der Waals surface area contributed by atoms with E-state index in [1.54, 1.807) is 12.3 Å². The molecule has 212 valence electrons. The van der Waals surface area contributed by atoms with Crippen LogP contribution in [-0.2, 0) is 5.41 Å². The molecule has 1 fully saturated rings. The number of aromatic amines is 1. The summed E-state index contributed by atoms with van der Waals surface area (Å²) in [7, 11) is 2.11. The molecule has 0 unspecified atom stereocenters. The fourth-order valence-electron chi connectivity index (χ4n) is 4.30. The van der Waals surface area contributed by atoms with Crippen molar-refractivity contribution in [3.63, 3.8) is 0 Å². The minimum absolute atomic E-state index is 0.0575. The number of aromatic nitrogens is 5. The first-order valence-corrected chi connectivity index (χ1v) is 13.3. The molecule has 0 radical (unpaired) electrons. The number of hydrogen-bond acceptors (Lipinski definition) is 9. The monoisotopic (exact) mass is 557 g/mol. The molecule has 4 aromatic rings. The number of carbonyl (C=O) groups excluding carboxylic acids is 1. The Kier molecular flexibility index (Phi) is 7.75. The van der Waals surface area contributed by atoms with E-state index in [0.29, 0.717) is 17.1 Å². The molecule has 0 spiro atoms. The first kappa shape index (κ1) is 27.8. The maximum Gasteiger partial charge on any atom is 0.287 e. The lowest BCUT2D eigenvalue weighted by Gasteiger charge is -2.33. The van der Waals surface area contributed by atoms with Gasteiger partial charge in [0.25, 0.3) is 11.5 Å². The summed E-state index contributed by atoms with van der Waals surface area (Å²) in [6, 6.07) is 9.50. The van der Waals surface area contributed by atoms with Crippen LogP contribution >= 0.6 is 0 Å². The molecule has 1 aliphatic rings. The molecular weight excluding hydrogens is 525 g/mol. The normalized spacial score (nSPS) is 14.1. The van der Waals surface area contributed by atoms with Crippen molar-refractivity contribution in [2.24, 2.45) is 0 Å². The maximum atomic E-state index is 14.6. The molecule has 4 heterocycles. The first-order chi connectivity index (χ1) is 19.6. The zero-order valence-electron chi connectivity index (χ0n) is 23.4. The summed E-state index contributed by atoms with van der Waals surface area (Å²) in [6.07, 6.45) is 4.68. The molecule has 5 rings (SSSR count). The smallest absolute Gasteiger partial charge is 0.287 e. The van der Waals surface area contributed by atoms with Gasteiger partial charge in [-0.15, -0.1) is 0 Å². The van der Waals surface area contributed by atoms with Gasteiger partial charge in [-0.3, -0.25) is 14.6 Å². The molecule has 0 aliphatic carbocycles. The van der Waals surface area contributed by atoms with Gasteiger partial charge < -0.3 is 20.4 Å². The van der Waals surface area contributed by atoms with Gasteiger partial charge in [-0.05, 0) is 43.4 Å². The highest BCUT2D eigenvalue weighted by Gasteiger charge is 2.19. The number of carbonyl (C=O) groups is 1. The van der Waals surface area contributed by atoms with E-state index in [0.717, 1.165) is 37.6 Å². The average Bonchev–Trinajstić information content (AvgIpc) is 2.96. The number of anilines is 4. The fraction of sp³-hybridized carbons (Fsp3) is 0.310. The summed E-state index contributed by atoms with van der Waals surface area (Å²) in [4.78, 5) is 42.8. The molecule has 11 nitrogen and oxygen atoms in total. The lowest BCUT2D eigenvalue weighted by molar-refractivity contribution is 0.102. The third kappa shape index (κ3) is 6.55. The highest BCUT2D eigenvalue weighted by Crippen LogP contribution is 2.26. The average molecular weight is 558 g/mol. The van der Waals surface area contributed by atoms with Gasteiger partial charge in [-0.1, -0.05) is 20.8 Å². The van der Waals surface area contributed by atoms with Crippen molar-refractivity contribution in [1.82, 2.24) is 30.0 Å². The van der Waals surface area contributed by atoms with E-state index < -0.39 is 17.3 Å². The third-order valence-corrected chi connectivity index (χ3v) is 6.85. The summed E-state index contributed by atoms with van der Waals surface area (Å²) < 4.78 is 14.6. The molecule has 1 amide bonds. The molecule has 3 N–H and O–H groups in total. The minimum atomic E-state index is -0.631. The molecule has 3 aromatic heterocycles. The molecule has 1 aliphatic heterocycles. The van der Waals surface area contributed by atoms with Crippen molar-refractivity contribution < 1.29 is 9.18 Å². The number of amides is 1. The molecule has 0 bridgehead atoms. The molecule has 41 heavy (non-hydrogen) atoms. The SMILES string of the molecule is CN1CCN(c2ccc(Nc3cc(-c4ccc(F)c(NC(=O)c5cnc(C(C)(C)C)cn5)c4)n[nH]c3=O)nc2)CC1. The van der Waals surface area contributed by atoms with Crippen LogP contribution in [0, 0.1) is 5.82 Å². The van der Waals surface area contributed by atoms with Gasteiger partial charge in [-0.2, -0.15) is 5.10 Å². The van der Waals surface area contributed by atoms with Gasteiger partial charge in [0, 0.05) is 43.4 Å². The Balaban J connectivity index is 1.31. The fourth-order valence-corrected chi connectivity index (χ4v) is 4.30. The lowest BCUT2D eigenvalue weighted by atomic mass is 9.93. The van der Waals surface area contributed by atoms with E-state index in [2.05, 4.69) is 52.6 Å². The van der Waals surface area contributed by atoms with E-state index in [1.165, 1.54) is 30.6 Å². The lowest BCUT2D eigenvalue weighted by Crippen LogP contribution is -2.44. The Bertz CT molecular complexity index is 1590. The van der Waals surface area contributed by atoms with Gasteiger partial charge in [-0.25, -0.2) is 19.5 Å². The van der Waals surface area contributed by atoms with Gasteiger partial charge in [0.1, 0.15) is 23.0 Å².